The van der Waals surface area contributed by atoms with Crippen LogP contribution in [0.3, 0.4) is 0 Å². The van der Waals surface area contributed by atoms with Gasteiger partial charge in [0.1, 0.15) is 0 Å². The third kappa shape index (κ3) is 3.44. The van der Waals surface area contributed by atoms with Crippen molar-refractivity contribution >= 4 is 5.97 Å². The number of carbonyl (C=O) groups excluding carboxylic acids is 1. The Bertz CT molecular complexity index is 474. The summed E-state index contributed by atoms with van der Waals surface area (Å²) in [6.07, 6.45) is 0.312. The maximum atomic E-state index is 11.6. The number of esters is 1. The molecule has 0 fully saturated rings. The predicted molar refractivity (Wildman–Crippen MR) is 73.3 cm³/mol. The lowest BCUT2D eigenvalue weighted by atomic mass is 10.00. The van der Waals surface area contributed by atoms with Gasteiger partial charge in [0.25, 0.3) is 0 Å². The summed E-state index contributed by atoms with van der Waals surface area (Å²) in [5.41, 5.74) is 2.76. The van der Waals surface area contributed by atoms with Gasteiger partial charge >= 0.3 is 5.97 Å². The van der Waals surface area contributed by atoms with E-state index >= 15 is 0 Å². The van der Waals surface area contributed by atoms with E-state index in [1.165, 1.54) is 0 Å². The Labute approximate surface area is 114 Å². The van der Waals surface area contributed by atoms with Gasteiger partial charge in [-0.2, -0.15) is 0 Å². The standard InChI is InChI=1S/C16H20O3/c1-11(2)9-14-12(3)15(17)19-16(14)18-10-13-7-5-4-6-8-13/h4-8,11,16H,9-10H2,1-3H3. The summed E-state index contributed by atoms with van der Waals surface area (Å²) in [5, 5.41) is 0. The van der Waals surface area contributed by atoms with E-state index in [1.54, 1.807) is 0 Å². The van der Waals surface area contributed by atoms with Crippen LogP contribution < -0.4 is 0 Å². The molecule has 0 spiro atoms. The van der Waals surface area contributed by atoms with Crippen molar-refractivity contribution < 1.29 is 14.3 Å². The van der Waals surface area contributed by atoms with Crippen LogP contribution in [0.15, 0.2) is 41.5 Å². The van der Waals surface area contributed by atoms with E-state index < -0.39 is 6.29 Å². The zero-order valence-electron chi connectivity index (χ0n) is 11.7. The summed E-state index contributed by atoms with van der Waals surface area (Å²) < 4.78 is 11.0. The maximum Gasteiger partial charge on any atom is 0.336 e. The average Bonchev–Trinajstić information content (AvgIpc) is 2.65. The summed E-state index contributed by atoms with van der Waals surface area (Å²) in [6.45, 7) is 6.51. The third-order valence-electron chi connectivity index (χ3n) is 3.16. The molecule has 1 atom stereocenters. The molecular weight excluding hydrogens is 240 g/mol. The van der Waals surface area contributed by atoms with Crippen molar-refractivity contribution in [2.45, 2.75) is 40.1 Å². The largest absolute Gasteiger partial charge is 0.428 e. The molecule has 1 unspecified atom stereocenters. The molecule has 1 aliphatic heterocycles. The molecule has 1 aromatic rings. The molecular formula is C16H20O3. The molecule has 102 valence electrons. The first-order chi connectivity index (χ1) is 9.08. The minimum Gasteiger partial charge on any atom is -0.428 e. The van der Waals surface area contributed by atoms with Gasteiger partial charge in [-0.3, -0.25) is 0 Å². The van der Waals surface area contributed by atoms with E-state index in [1.807, 2.05) is 37.3 Å². The van der Waals surface area contributed by atoms with Crippen LogP contribution in [0, 0.1) is 5.92 Å². The van der Waals surface area contributed by atoms with Crippen LogP contribution in [-0.2, 0) is 20.9 Å². The van der Waals surface area contributed by atoms with Crippen LogP contribution in [0.4, 0.5) is 0 Å². The van der Waals surface area contributed by atoms with Gasteiger partial charge in [-0.25, -0.2) is 4.79 Å². The fraction of sp³-hybridized carbons (Fsp3) is 0.438. The number of rotatable bonds is 5. The van der Waals surface area contributed by atoms with Crippen molar-refractivity contribution in [1.82, 2.24) is 0 Å². The second-order valence-corrected chi connectivity index (χ2v) is 5.28. The number of benzene rings is 1. The second kappa shape index (κ2) is 6.02. The molecule has 0 aliphatic carbocycles. The molecule has 3 heteroatoms. The minimum atomic E-state index is -0.518. The van der Waals surface area contributed by atoms with E-state index in [4.69, 9.17) is 9.47 Å². The topological polar surface area (TPSA) is 35.5 Å². The van der Waals surface area contributed by atoms with Crippen LogP contribution in [-0.4, -0.2) is 12.3 Å². The van der Waals surface area contributed by atoms with Crippen LogP contribution in [0.1, 0.15) is 32.8 Å². The number of ether oxygens (including phenoxy) is 2. The van der Waals surface area contributed by atoms with Crippen molar-refractivity contribution in [1.29, 1.82) is 0 Å². The van der Waals surface area contributed by atoms with Crippen LogP contribution in [0.25, 0.3) is 0 Å². The Hall–Kier alpha value is -1.61. The molecule has 1 aromatic carbocycles. The van der Waals surface area contributed by atoms with Crippen molar-refractivity contribution in [2.75, 3.05) is 0 Å². The molecule has 1 heterocycles. The van der Waals surface area contributed by atoms with Gasteiger partial charge in [0.15, 0.2) is 0 Å². The predicted octanol–water partition coefficient (Wildman–Crippen LogP) is 3.45. The molecule has 0 saturated heterocycles. The summed E-state index contributed by atoms with van der Waals surface area (Å²) in [5.74, 6) is 0.219. The van der Waals surface area contributed by atoms with Crippen molar-refractivity contribution in [2.24, 2.45) is 5.92 Å². The quantitative estimate of drug-likeness (QED) is 0.761. The molecule has 2 rings (SSSR count). The van der Waals surface area contributed by atoms with Gasteiger partial charge in [-0.1, -0.05) is 44.2 Å². The summed E-state index contributed by atoms with van der Waals surface area (Å²) in [4.78, 5) is 11.6. The van der Waals surface area contributed by atoms with E-state index in [-0.39, 0.29) is 5.97 Å². The fourth-order valence-electron chi connectivity index (χ4n) is 2.13. The van der Waals surface area contributed by atoms with Crippen molar-refractivity contribution in [3.05, 3.63) is 47.0 Å². The van der Waals surface area contributed by atoms with Gasteiger partial charge < -0.3 is 9.47 Å². The molecule has 0 saturated carbocycles. The van der Waals surface area contributed by atoms with Gasteiger partial charge in [0.05, 0.1) is 6.61 Å². The number of hydrogen-bond acceptors (Lipinski definition) is 3. The van der Waals surface area contributed by atoms with Crippen LogP contribution in [0.5, 0.6) is 0 Å². The Morgan fingerprint density at radius 1 is 1.26 bits per heavy atom. The number of cyclic esters (lactones) is 1. The van der Waals surface area contributed by atoms with Crippen molar-refractivity contribution in [3.8, 4) is 0 Å². The molecule has 0 amide bonds. The summed E-state index contributed by atoms with van der Waals surface area (Å²) in [7, 11) is 0. The molecule has 1 aliphatic rings. The lowest BCUT2D eigenvalue weighted by molar-refractivity contribution is -0.162. The lowest BCUT2D eigenvalue weighted by Crippen LogP contribution is -2.17. The zero-order chi connectivity index (χ0) is 13.8. The van der Waals surface area contributed by atoms with Gasteiger partial charge in [0.2, 0.25) is 6.29 Å². The molecule has 0 aromatic heterocycles. The highest BCUT2D eigenvalue weighted by molar-refractivity contribution is 5.91. The van der Waals surface area contributed by atoms with Gasteiger partial charge in [-0.05, 0) is 24.8 Å². The highest BCUT2D eigenvalue weighted by Gasteiger charge is 2.32. The Kier molecular flexibility index (Phi) is 4.38. The Balaban J connectivity index is 2.02. The van der Waals surface area contributed by atoms with Crippen LogP contribution in [0.2, 0.25) is 0 Å². The summed E-state index contributed by atoms with van der Waals surface area (Å²) >= 11 is 0. The average molecular weight is 260 g/mol. The molecule has 3 nitrogen and oxygen atoms in total. The minimum absolute atomic E-state index is 0.256. The molecule has 19 heavy (non-hydrogen) atoms. The fourth-order valence-corrected chi connectivity index (χ4v) is 2.13. The van der Waals surface area contributed by atoms with Gasteiger partial charge in [-0.15, -0.1) is 0 Å². The maximum absolute atomic E-state index is 11.6. The second-order valence-electron chi connectivity index (χ2n) is 5.28. The first-order valence-electron chi connectivity index (χ1n) is 6.64. The van der Waals surface area contributed by atoms with Crippen LogP contribution >= 0.6 is 0 Å². The van der Waals surface area contributed by atoms with E-state index in [0.29, 0.717) is 18.1 Å². The number of hydrogen-bond donors (Lipinski definition) is 0. The monoisotopic (exact) mass is 260 g/mol. The zero-order valence-corrected chi connectivity index (χ0v) is 11.7. The summed E-state index contributed by atoms with van der Waals surface area (Å²) in [6, 6.07) is 9.89. The normalized spacial score (nSPS) is 19.2. The van der Waals surface area contributed by atoms with Crippen molar-refractivity contribution in [3.63, 3.8) is 0 Å². The van der Waals surface area contributed by atoms with E-state index in [2.05, 4.69) is 13.8 Å². The number of carbonyl (C=O) groups is 1. The van der Waals surface area contributed by atoms with Gasteiger partial charge in [0, 0.05) is 11.1 Å². The molecule has 0 N–H and O–H groups in total. The Morgan fingerprint density at radius 3 is 2.58 bits per heavy atom. The first-order valence-corrected chi connectivity index (χ1v) is 6.64. The smallest absolute Gasteiger partial charge is 0.336 e. The third-order valence-corrected chi connectivity index (χ3v) is 3.16. The highest BCUT2D eigenvalue weighted by atomic mass is 16.7. The van der Waals surface area contributed by atoms with E-state index in [0.717, 1.165) is 17.6 Å². The molecule has 0 radical (unpaired) electrons. The first kappa shape index (κ1) is 13.8. The lowest BCUT2D eigenvalue weighted by Gasteiger charge is -2.16. The molecule has 0 bridgehead atoms. The SMILES string of the molecule is CC1=C(CC(C)C)C(OCc2ccccc2)OC1=O. The Morgan fingerprint density at radius 2 is 1.95 bits per heavy atom. The van der Waals surface area contributed by atoms with E-state index in [9.17, 15) is 4.79 Å². The highest BCUT2D eigenvalue weighted by Crippen LogP contribution is 2.29.